The molecule has 1 N–H and O–H groups in total. The first-order chi connectivity index (χ1) is 14.0. The number of nitriles is 1. The topological polar surface area (TPSA) is 99.5 Å². The fourth-order valence-electron chi connectivity index (χ4n) is 3.23. The van der Waals surface area contributed by atoms with E-state index in [1.54, 1.807) is 31.2 Å². The van der Waals surface area contributed by atoms with Crippen LogP contribution in [0, 0.1) is 11.3 Å². The van der Waals surface area contributed by atoms with E-state index in [4.69, 9.17) is 10.00 Å². The number of amides is 1. The van der Waals surface area contributed by atoms with Gasteiger partial charge in [0, 0.05) is 18.7 Å². The fraction of sp³-hybridized carbons (Fsp3) is 0.333. The zero-order chi connectivity index (χ0) is 20.9. The quantitative estimate of drug-likeness (QED) is 0.783. The molecule has 0 aromatic heterocycles. The lowest BCUT2D eigenvalue weighted by molar-refractivity contribution is 0.102. The van der Waals surface area contributed by atoms with Crippen LogP contribution in [0.5, 0.6) is 5.75 Å². The largest absolute Gasteiger partial charge is 0.492 e. The van der Waals surface area contributed by atoms with Gasteiger partial charge in [-0.3, -0.25) is 4.79 Å². The molecule has 0 unspecified atom stereocenters. The molecule has 7 nitrogen and oxygen atoms in total. The summed E-state index contributed by atoms with van der Waals surface area (Å²) in [6.45, 7) is 3.17. The van der Waals surface area contributed by atoms with Crippen molar-refractivity contribution in [1.29, 1.82) is 5.26 Å². The molecule has 0 bridgehead atoms. The summed E-state index contributed by atoms with van der Waals surface area (Å²) in [5.41, 5.74) is 0.942. The highest BCUT2D eigenvalue weighted by atomic mass is 32.2. The Morgan fingerprint density at radius 2 is 1.93 bits per heavy atom. The predicted octanol–water partition coefficient (Wildman–Crippen LogP) is 3.38. The highest BCUT2D eigenvalue weighted by Crippen LogP contribution is 2.30. The van der Waals surface area contributed by atoms with Gasteiger partial charge in [-0.2, -0.15) is 9.57 Å². The van der Waals surface area contributed by atoms with E-state index >= 15 is 0 Å². The molecule has 0 saturated carbocycles. The number of rotatable bonds is 6. The zero-order valence-corrected chi connectivity index (χ0v) is 17.0. The van der Waals surface area contributed by atoms with E-state index < -0.39 is 15.9 Å². The standard InChI is InChI=1S/C21H23N3O4S/c1-2-28-20-10-9-18(29(26,27)24-11-4-3-5-12-24)14-19(20)23-21(25)17-8-6-7-16(13-17)15-22/h6-10,13-14H,2-5,11-12H2,1H3,(H,23,25). The summed E-state index contributed by atoms with van der Waals surface area (Å²) in [7, 11) is -3.64. The molecule has 2 aromatic carbocycles. The van der Waals surface area contributed by atoms with Crippen LogP contribution in [-0.2, 0) is 10.0 Å². The highest BCUT2D eigenvalue weighted by Gasteiger charge is 2.27. The van der Waals surface area contributed by atoms with Crippen molar-refractivity contribution in [2.45, 2.75) is 31.1 Å². The third kappa shape index (κ3) is 4.75. The Morgan fingerprint density at radius 1 is 1.17 bits per heavy atom. The molecule has 0 aliphatic carbocycles. The summed E-state index contributed by atoms with van der Waals surface area (Å²) < 4.78 is 33.0. The number of anilines is 1. The van der Waals surface area contributed by atoms with E-state index in [2.05, 4.69) is 5.32 Å². The number of hydrogen-bond acceptors (Lipinski definition) is 5. The summed E-state index contributed by atoms with van der Waals surface area (Å²) >= 11 is 0. The second-order valence-corrected chi connectivity index (χ2v) is 8.64. The lowest BCUT2D eigenvalue weighted by Gasteiger charge is -2.26. The molecule has 8 heteroatoms. The minimum atomic E-state index is -3.64. The first kappa shape index (κ1) is 20.8. The lowest BCUT2D eigenvalue weighted by atomic mass is 10.1. The SMILES string of the molecule is CCOc1ccc(S(=O)(=O)N2CCCCC2)cc1NC(=O)c1cccc(C#N)c1. The van der Waals surface area contributed by atoms with Crippen molar-refractivity contribution in [2.75, 3.05) is 25.0 Å². The van der Waals surface area contributed by atoms with Gasteiger partial charge in [-0.1, -0.05) is 12.5 Å². The van der Waals surface area contributed by atoms with Gasteiger partial charge in [0.2, 0.25) is 10.0 Å². The monoisotopic (exact) mass is 413 g/mol. The summed E-state index contributed by atoms with van der Waals surface area (Å²) in [4.78, 5) is 12.8. The number of benzene rings is 2. The molecule has 3 rings (SSSR count). The van der Waals surface area contributed by atoms with Gasteiger partial charge in [0.1, 0.15) is 5.75 Å². The Bertz CT molecular complexity index is 1040. The molecule has 1 fully saturated rings. The van der Waals surface area contributed by atoms with Crippen molar-refractivity contribution in [3.05, 3.63) is 53.6 Å². The van der Waals surface area contributed by atoms with Gasteiger partial charge in [0.25, 0.3) is 5.91 Å². The van der Waals surface area contributed by atoms with Crippen molar-refractivity contribution < 1.29 is 17.9 Å². The fourth-order valence-corrected chi connectivity index (χ4v) is 4.77. The first-order valence-electron chi connectivity index (χ1n) is 9.54. The number of ether oxygens (including phenoxy) is 1. The molecule has 29 heavy (non-hydrogen) atoms. The first-order valence-corrected chi connectivity index (χ1v) is 11.0. The number of carbonyl (C=O) groups is 1. The molecule has 0 atom stereocenters. The van der Waals surface area contributed by atoms with E-state index in [1.807, 2.05) is 6.07 Å². The van der Waals surface area contributed by atoms with Crippen LogP contribution >= 0.6 is 0 Å². The van der Waals surface area contributed by atoms with Crippen LogP contribution in [0.4, 0.5) is 5.69 Å². The second kappa shape index (κ2) is 9.07. The van der Waals surface area contributed by atoms with Crippen LogP contribution in [0.25, 0.3) is 0 Å². The van der Waals surface area contributed by atoms with Crippen molar-refractivity contribution in [3.8, 4) is 11.8 Å². The molecule has 1 heterocycles. The number of carbonyl (C=O) groups excluding carboxylic acids is 1. The van der Waals surface area contributed by atoms with Crippen LogP contribution in [0.15, 0.2) is 47.4 Å². The molecule has 1 aliphatic heterocycles. The van der Waals surface area contributed by atoms with Gasteiger partial charge in [0.15, 0.2) is 0 Å². The van der Waals surface area contributed by atoms with Crippen molar-refractivity contribution in [2.24, 2.45) is 0 Å². The smallest absolute Gasteiger partial charge is 0.255 e. The van der Waals surface area contributed by atoms with Gasteiger partial charge in [0.05, 0.1) is 28.8 Å². The number of nitrogens with zero attached hydrogens (tertiary/aromatic N) is 2. The number of hydrogen-bond donors (Lipinski definition) is 1. The molecule has 1 saturated heterocycles. The van der Waals surface area contributed by atoms with E-state index in [0.29, 0.717) is 36.6 Å². The van der Waals surface area contributed by atoms with Gasteiger partial charge in [-0.25, -0.2) is 8.42 Å². The molecular weight excluding hydrogens is 390 g/mol. The molecule has 2 aromatic rings. The summed E-state index contributed by atoms with van der Waals surface area (Å²) in [5, 5.41) is 11.7. The Balaban J connectivity index is 1.92. The van der Waals surface area contributed by atoms with Gasteiger partial charge in [-0.15, -0.1) is 0 Å². The van der Waals surface area contributed by atoms with Gasteiger partial charge in [-0.05, 0) is 56.2 Å². The van der Waals surface area contributed by atoms with E-state index in [1.165, 1.54) is 22.5 Å². The normalized spacial score (nSPS) is 14.8. The average Bonchev–Trinajstić information content (AvgIpc) is 2.75. The Labute approximate surface area is 171 Å². The molecule has 1 aliphatic rings. The Kier molecular flexibility index (Phi) is 6.52. The van der Waals surface area contributed by atoms with E-state index in [-0.39, 0.29) is 10.6 Å². The zero-order valence-electron chi connectivity index (χ0n) is 16.2. The van der Waals surface area contributed by atoms with Crippen LogP contribution in [-0.4, -0.2) is 38.3 Å². The maximum absolute atomic E-state index is 13.0. The lowest BCUT2D eigenvalue weighted by Crippen LogP contribution is -2.35. The van der Waals surface area contributed by atoms with Crippen LogP contribution in [0.3, 0.4) is 0 Å². The molecule has 152 valence electrons. The second-order valence-electron chi connectivity index (χ2n) is 6.70. The summed E-state index contributed by atoms with van der Waals surface area (Å²) in [5.74, 6) is -0.0644. The number of sulfonamides is 1. The van der Waals surface area contributed by atoms with Gasteiger partial charge < -0.3 is 10.1 Å². The third-order valence-electron chi connectivity index (χ3n) is 4.71. The summed E-state index contributed by atoms with van der Waals surface area (Å²) in [6.07, 6.45) is 2.71. The Morgan fingerprint density at radius 3 is 2.62 bits per heavy atom. The molecule has 1 amide bonds. The predicted molar refractivity (Wildman–Crippen MR) is 109 cm³/mol. The van der Waals surface area contributed by atoms with Crippen molar-refractivity contribution >= 4 is 21.6 Å². The van der Waals surface area contributed by atoms with Crippen LogP contribution in [0.2, 0.25) is 0 Å². The minimum Gasteiger partial charge on any atom is -0.492 e. The maximum Gasteiger partial charge on any atom is 0.255 e. The highest BCUT2D eigenvalue weighted by molar-refractivity contribution is 7.89. The van der Waals surface area contributed by atoms with Gasteiger partial charge >= 0.3 is 0 Å². The van der Waals surface area contributed by atoms with Crippen LogP contribution in [0.1, 0.15) is 42.1 Å². The average molecular weight is 413 g/mol. The maximum atomic E-state index is 13.0. The number of nitrogens with one attached hydrogen (secondary N) is 1. The number of piperidine rings is 1. The molecular formula is C21H23N3O4S. The summed E-state index contributed by atoms with van der Waals surface area (Å²) in [6, 6.07) is 12.8. The van der Waals surface area contributed by atoms with E-state index in [0.717, 1.165) is 19.3 Å². The van der Waals surface area contributed by atoms with Crippen molar-refractivity contribution in [3.63, 3.8) is 0 Å². The minimum absolute atomic E-state index is 0.115. The third-order valence-corrected chi connectivity index (χ3v) is 6.60. The molecule has 0 radical (unpaired) electrons. The van der Waals surface area contributed by atoms with E-state index in [9.17, 15) is 13.2 Å². The van der Waals surface area contributed by atoms with Crippen molar-refractivity contribution in [1.82, 2.24) is 4.31 Å². The molecule has 0 spiro atoms. The Hall–Kier alpha value is -2.89. The van der Waals surface area contributed by atoms with Crippen LogP contribution < -0.4 is 10.1 Å².